The molecule has 0 unspecified atom stereocenters. The Hall–Kier alpha value is -2.86. The van der Waals surface area contributed by atoms with Gasteiger partial charge in [-0.3, -0.25) is 4.90 Å². The van der Waals surface area contributed by atoms with Crippen molar-refractivity contribution in [1.82, 2.24) is 24.4 Å². The summed E-state index contributed by atoms with van der Waals surface area (Å²) in [6, 6.07) is 10.00. The topological polar surface area (TPSA) is 109 Å². The molecule has 1 aromatic carbocycles. The first-order valence-corrected chi connectivity index (χ1v) is 11.6. The van der Waals surface area contributed by atoms with E-state index in [1.165, 1.54) is 5.56 Å². The van der Waals surface area contributed by atoms with Crippen LogP contribution in [-0.4, -0.2) is 92.3 Å². The third-order valence-corrected chi connectivity index (χ3v) is 5.98. The molecule has 2 saturated heterocycles. The fourth-order valence-corrected chi connectivity index (χ4v) is 4.15. The van der Waals surface area contributed by atoms with Crippen LogP contribution in [-0.2, 0) is 22.9 Å². The normalized spacial score (nSPS) is 17.5. The van der Waals surface area contributed by atoms with Crippen molar-refractivity contribution in [2.75, 3.05) is 70.2 Å². The Bertz CT molecular complexity index is 1100. The lowest BCUT2D eigenvalue weighted by atomic mass is 10.2. The maximum Gasteiger partial charge on any atom is 0.335 e. The first-order valence-electron chi connectivity index (χ1n) is 11.0. The van der Waals surface area contributed by atoms with Crippen molar-refractivity contribution >= 4 is 28.6 Å². The molecule has 5 rings (SSSR count). The van der Waals surface area contributed by atoms with Crippen molar-refractivity contribution in [3.63, 3.8) is 0 Å². The fraction of sp³-hybridized carbons (Fsp3) is 0.455. The monoisotopic (exact) mass is 471 g/mol. The minimum atomic E-state index is -0.750. The second kappa shape index (κ2) is 10.8. The number of hydrogen-bond donors (Lipinski definition) is 1. The lowest BCUT2D eigenvalue weighted by Gasteiger charge is -2.32. The zero-order chi connectivity index (χ0) is 23.2. The van der Waals surface area contributed by atoms with E-state index in [1.807, 2.05) is 28.8 Å². The number of aromatic nitrogens is 3. The van der Waals surface area contributed by atoms with Gasteiger partial charge in [-0.15, -0.1) is 5.10 Å². The van der Waals surface area contributed by atoms with Gasteiger partial charge in [0.15, 0.2) is 11.6 Å². The van der Waals surface area contributed by atoms with E-state index in [-0.39, 0.29) is 0 Å². The summed E-state index contributed by atoms with van der Waals surface area (Å²) in [4.78, 5) is 12.2. The first-order chi connectivity index (χ1) is 16.1. The van der Waals surface area contributed by atoms with Gasteiger partial charge in [0, 0.05) is 63.3 Å². The van der Waals surface area contributed by atoms with Crippen LogP contribution >= 0.6 is 0 Å². The summed E-state index contributed by atoms with van der Waals surface area (Å²) in [6.07, 6.45) is 2.15. The van der Waals surface area contributed by atoms with Crippen molar-refractivity contribution in [3.8, 4) is 11.4 Å². The number of nitrogens with two attached hydrogens (primary N) is 1. The molecule has 0 aliphatic carbocycles. The SMILES string of the molecule is CN1CCN(Cc2cc3c(N4CCOCC4)nc(-c4ccc(N)cc4)nn3c2)CC1.O=S=O. The van der Waals surface area contributed by atoms with Gasteiger partial charge in [0.05, 0.1) is 13.2 Å². The van der Waals surface area contributed by atoms with Gasteiger partial charge in [-0.2, -0.15) is 8.42 Å². The second-order valence-electron chi connectivity index (χ2n) is 8.31. The molecule has 0 spiro atoms. The van der Waals surface area contributed by atoms with Gasteiger partial charge in [-0.05, 0) is 42.9 Å². The predicted octanol–water partition coefficient (Wildman–Crippen LogP) is 0.892. The Balaban J connectivity index is 0.000000821. The Labute approximate surface area is 196 Å². The average molecular weight is 472 g/mol. The minimum Gasteiger partial charge on any atom is -0.399 e. The lowest BCUT2D eigenvalue weighted by molar-refractivity contribution is 0.122. The van der Waals surface area contributed by atoms with E-state index in [1.54, 1.807) is 0 Å². The molecule has 0 radical (unpaired) electrons. The van der Waals surface area contributed by atoms with Gasteiger partial charge < -0.3 is 20.3 Å². The highest BCUT2D eigenvalue weighted by atomic mass is 32.1. The van der Waals surface area contributed by atoms with Crippen LogP contribution in [0.3, 0.4) is 0 Å². The summed E-state index contributed by atoms with van der Waals surface area (Å²) in [6.45, 7) is 8.50. The molecule has 2 aromatic heterocycles. The fourth-order valence-electron chi connectivity index (χ4n) is 4.15. The van der Waals surface area contributed by atoms with Crippen LogP contribution in [0.15, 0.2) is 36.5 Å². The number of hydrogen-bond acceptors (Lipinski definition) is 9. The number of anilines is 2. The minimum absolute atomic E-state index is 0.714. The van der Waals surface area contributed by atoms with Gasteiger partial charge in [0.1, 0.15) is 5.52 Å². The molecule has 2 fully saturated rings. The Kier molecular flexibility index (Phi) is 7.65. The molecule has 11 heteroatoms. The van der Waals surface area contributed by atoms with Crippen LogP contribution in [0.5, 0.6) is 0 Å². The molecule has 4 heterocycles. The highest BCUT2D eigenvalue weighted by molar-refractivity contribution is 7.51. The number of morpholine rings is 1. The molecule has 10 nitrogen and oxygen atoms in total. The van der Waals surface area contributed by atoms with E-state index < -0.39 is 11.6 Å². The van der Waals surface area contributed by atoms with E-state index in [4.69, 9.17) is 29.0 Å². The van der Waals surface area contributed by atoms with Crippen LogP contribution < -0.4 is 10.6 Å². The van der Waals surface area contributed by atoms with Gasteiger partial charge in [0.2, 0.25) is 0 Å². The van der Waals surface area contributed by atoms with Crippen molar-refractivity contribution in [2.24, 2.45) is 0 Å². The summed E-state index contributed by atoms with van der Waals surface area (Å²) in [7, 11) is 2.19. The van der Waals surface area contributed by atoms with Crippen LogP contribution in [0.1, 0.15) is 5.56 Å². The maximum atomic E-state index is 8.29. The smallest absolute Gasteiger partial charge is 0.335 e. The molecule has 0 amide bonds. The van der Waals surface area contributed by atoms with Crippen molar-refractivity contribution < 1.29 is 13.2 Å². The van der Waals surface area contributed by atoms with Crippen LogP contribution in [0.2, 0.25) is 0 Å². The van der Waals surface area contributed by atoms with E-state index in [9.17, 15) is 0 Å². The number of nitrogens with zero attached hydrogens (tertiary/aromatic N) is 6. The van der Waals surface area contributed by atoms with Crippen LogP contribution in [0, 0.1) is 0 Å². The van der Waals surface area contributed by atoms with Gasteiger partial charge in [0.25, 0.3) is 0 Å². The van der Waals surface area contributed by atoms with Gasteiger partial charge in [-0.25, -0.2) is 9.50 Å². The molecule has 2 aliphatic heterocycles. The number of piperazine rings is 1. The number of rotatable bonds is 4. The summed E-state index contributed by atoms with van der Waals surface area (Å²) in [5, 5.41) is 4.84. The summed E-state index contributed by atoms with van der Waals surface area (Å²) < 4.78 is 24.1. The average Bonchev–Trinajstić information content (AvgIpc) is 3.24. The second-order valence-corrected chi connectivity index (χ2v) is 8.44. The van der Waals surface area contributed by atoms with E-state index in [0.29, 0.717) is 5.82 Å². The quantitative estimate of drug-likeness (QED) is 0.555. The lowest BCUT2D eigenvalue weighted by Crippen LogP contribution is -2.43. The van der Waals surface area contributed by atoms with Crippen LogP contribution in [0.4, 0.5) is 11.5 Å². The van der Waals surface area contributed by atoms with E-state index >= 15 is 0 Å². The molecule has 0 saturated carbocycles. The predicted molar refractivity (Wildman–Crippen MR) is 128 cm³/mol. The standard InChI is InChI=1S/C22H29N7O.O2S/c1-26-6-8-27(9-7-26)15-17-14-20-22(28-10-12-30-13-11-28)24-21(25-29(20)16-17)18-2-4-19(23)5-3-18;1-3-2/h2-5,14,16H,6-13,15,23H2,1H3;. The molecule has 3 aromatic rings. The molecular weight excluding hydrogens is 442 g/mol. The number of ether oxygens (including phenoxy) is 1. The summed E-state index contributed by atoms with van der Waals surface area (Å²) in [5.74, 6) is 1.69. The molecule has 2 aliphatic rings. The van der Waals surface area contributed by atoms with Gasteiger partial charge in [-0.1, -0.05) is 0 Å². The highest BCUT2D eigenvalue weighted by Crippen LogP contribution is 2.26. The molecule has 0 atom stereocenters. The molecule has 176 valence electrons. The zero-order valence-corrected chi connectivity index (χ0v) is 19.5. The number of nitrogen functional groups attached to an aromatic ring is 1. The molecule has 2 N–H and O–H groups in total. The summed E-state index contributed by atoms with van der Waals surface area (Å²) >= 11 is -0.750. The van der Waals surface area contributed by atoms with E-state index in [2.05, 4.69) is 34.0 Å². The van der Waals surface area contributed by atoms with Crippen molar-refractivity contribution in [2.45, 2.75) is 6.54 Å². The number of fused-ring (bicyclic) bond motifs is 1. The Morgan fingerprint density at radius 3 is 2.36 bits per heavy atom. The molecule has 33 heavy (non-hydrogen) atoms. The number of likely N-dealkylation sites (N-methyl/N-ethyl adjacent to an activating group) is 1. The number of benzene rings is 1. The Morgan fingerprint density at radius 2 is 1.70 bits per heavy atom. The summed E-state index contributed by atoms with van der Waals surface area (Å²) in [5.41, 5.74) is 9.91. The maximum absolute atomic E-state index is 8.29. The van der Waals surface area contributed by atoms with Crippen LogP contribution in [0.25, 0.3) is 16.9 Å². The van der Waals surface area contributed by atoms with Gasteiger partial charge >= 0.3 is 11.6 Å². The Morgan fingerprint density at radius 1 is 1.03 bits per heavy atom. The first kappa shape index (κ1) is 23.3. The highest BCUT2D eigenvalue weighted by Gasteiger charge is 2.20. The van der Waals surface area contributed by atoms with Crippen molar-refractivity contribution in [1.29, 1.82) is 0 Å². The largest absolute Gasteiger partial charge is 0.399 e. The molecule has 0 bridgehead atoms. The third kappa shape index (κ3) is 5.74. The third-order valence-electron chi connectivity index (χ3n) is 5.98. The van der Waals surface area contributed by atoms with Crippen molar-refractivity contribution in [3.05, 3.63) is 42.1 Å². The zero-order valence-electron chi connectivity index (χ0n) is 18.7. The molecular formula is C22H29N7O3S. The van der Waals surface area contributed by atoms with E-state index in [0.717, 1.165) is 81.6 Å².